The maximum absolute atomic E-state index is 2.36. The summed E-state index contributed by atoms with van der Waals surface area (Å²) in [4.78, 5) is 0. The number of halogens is 1. The molecular weight excluding hydrogens is 374 g/mol. The fourth-order valence-corrected chi connectivity index (χ4v) is 3.86. The predicted molar refractivity (Wildman–Crippen MR) is 128 cm³/mol. The zero-order valence-electron chi connectivity index (χ0n) is 19.7. The molecule has 0 amide bonds. The summed E-state index contributed by atoms with van der Waals surface area (Å²) in [6, 6.07) is 10.6. The third kappa shape index (κ3) is 17.8. The fraction of sp³-hybridized carbons (Fsp3) is 0.704. The summed E-state index contributed by atoms with van der Waals surface area (Å²) in [7, 11) is 4.72. The van der Waals surface area contributed by atoms with Crippen molar-refractivity contribution in [3.05, 3.63) is 42.0 Å². The van der Waals surface area contributed by atoms with Crippen molar-refractivity contribution < 1.29 is 16.9 Å². The van der Waals surface area contributed by atoms with Crippen LogP contribution in [0.3, 0.4) is 0 Å². The lowest BCUT2D eigenvalue weighted by molar-refractivity contribution is -0.884. The zero-order valence-corrected chi connectivity index (χ0v) is 20.4. The van der Waals surface area contributed by atoms with Crippen molar-refractivity contribution in [1.29, 1.82) is 0 Å². The number of rotatable bonds is 18. The molecule has 0 saturated heterocycles. The molecule has 1 nitrogen and oxygen atoms in total. The Labute approximate surface area is 189 Å². The molecule has 1 rings (SSSR count). The van der Waals surface area contributed by atoms with Gasteiger partial charge in [-0.15, -0.1) is 0 Å². The molecule has 0 bridgehead atoms. The van der Waals surface area contributed by atoms with Crippen LogP contribution in [-0.4, -0.2) is 31.7 Å². The van der Waals surface area contributed by atoms with Crippen LogP contribution in [0.5, 0.6) is 0 Å². The van der Waals surface area contributed by atoms with E-state index in [1.165, 1.54) is 102 Å². The van der Waals surface area contributed by atoms with Crippen LogP contribution in [0.2, 0.25) is 0 Å². The molecule has 0 N–H and O–H groups in total. The molecular formula is C27H48ClN. The van der Waals surface area contributed by atoms with Crippen LogP contribution < -0.4 is 12.4 Å². The first-order valence-corrected chi connectivity index (χ1v) is 12.2. The van der Waals surface area contributed by atoms with Gasteiger partial charge in [0.05, 0.1) is 27.2 Å². The Morgan fingerprint density at radius 3 is 1.59 bits per heavy atom. The smallest absolute Gasteiger partial charge is 0.0972 e. The van der Waals surface area contributed by atoms with Crippen LogP contribution in [-0.2, 0) is 0 Å². The van der Waals surface area contributed by atoms with E-state index in [1.807, 2.05) is 0 Å². The van der Waals surface area contributed by atoms with E-state index in [-0.39, 0.29) is 12.4 Å². The molecule has 1 aromatic rings. The van der Waals surface area contributed by atoms with Crippen molar-refractivity contribution in [2.75, 3.05) is 27.2 Å². The lowest BCUT2D eigenvalue weighted by Gasteiger charge is -2.28. The van der Waals surface area contributed by atoms with E-state index >= 15 is 0 Å². The highest BCUT2D eigenvalue weighted by Gasteiger charge is 2.11. The molecule has 0 aliphatic heterocycles. The predicted octanol–water partition coefficient (Wildman–Crippen LogP) is 5.26. The first kappa shape index (κ1) is 28.2. The van der Waals surface area contributed by atoms with E-state index in [0.29, 0.717) is 0 Å². The van der Waals surface area contributed by atoms with Crippen molar-refractivity contribution >= 4 is 6.08 Å². The highest BCUT2D eigenvalue weighted by atomic mass is 35.5. The van der Waals surface area contributed by atoms with Gasteiger partial charge in [-0.05, 0) is 24.5 Å². The minimum absolute atomic E-state index is 0. The molecule has 2 heteroatoms. The summed E-state index contributed by atoms with van der Waals surface area (Å²) in [6.45, 7) is 4.70. The Morgan fingerprint density at radius 1 is 0.655 bits per heavy atom. The zero-order chi connectivity index (χ0) is 20.3. The average Bonchev–Trinajstić information content (AvgIpc) is 2.69. The maximum Gasteiger partial charge on any atom is 0.0972 e. The average molecular weight is 422 g/mol. The van der Waals surface area contributed by atoms with Crippen molar-refractivity contribution in [2.24, 2.45) is 0 Å². The second kappa shape index (κ2) is 19.2. The molecule has 0 atom stereocenters. The largest absolute Gasteiger partial charge is 1.00 e. The monoisotopic (exact) mass is 421 g/mol. The Balaban J connectivity index is 0.00000784. The van der Waals surface area contributed by atoms with E-state index in [2.05, 4.69) is 63.5 Å². The standard InChI is InChI=1S/C27H48N.ClH/c1-4-5-6-7-8-9-10-11-12-13-14-15-16-20-25-28(2,3)26-21-24-27-22-18-17-19-23-27;/h17-19,21-24H,4-16,20,25-26H2,1-3H3;1H/q+1;/p-1. The van der Waals surface area contributed by atoms with Gasteiger partial charge in [-0.3, -0.25) is 0 Å². The van der Waals surface area contributed by atoms with E-state index in [9.17, 15) is 0 Å². The van der Waals surface area contributed by atoms with E-state index < -0.39 is 0 Å². The first-order valence-electron chi connectivity index (χ1n) is 12.2. The molecule has 0 aliphatic carbocycles. The van der Waals surface area contributed by atoms with Crippen LogP contribution in [0.1, 0.15) is 102 Å². The Morgan fingerprint density at radius 2 is 1.10 bits per heavy atom. The lowest BCUT2D eigenvalue weighted by Crippen LogP contribution is -3.00. The molecule has 1 aromatic carbocycles. The van der Waals surface area contributed by atoms with Gasteiger partial charge in [-0.1, -0.05) is 120 Å². The van der Waals surface area contributed by atoms with Gasteiger partial charge in [-0.2, -0.15) is 0 Å². The molecule has 0 fully saturated rings. The van der Waals surface area contributed by atoms with Crippen LogP contribution in [0, 0.1) is 0 Å². The number of nitrogens with zero attached hydrogens (tertiary/aromatic N) is 1. The topological polar surface area (TPSA) is 0 Å². The number of hydrogen-bond acceptors (Lipinski definition) is 0. The number of unbranched alkanes of at least 4 members (excludes halogenated alkanes) is 13. The quantitative estimate of drug-likeness (QED) is 0.224. The third-order valence-corrected chi connectivity index (χ3v) is 5.83. The van der Waals surface area contributed by atoms with Crippen LogP contribution >= 0.6 is 0 Å². The van der Waals surface area contributed by atoms with E-state index in [4.69, 9.17) is 0 Å². The molecule has 0 spiro atoms. The maximum atomic E-state index is 2.36. The molecule has 168 valence electrons. The number of quaternary nitrogens is 1. The molecule has 0 saturated carbocycles. The summed E-state index contributed by atoms with van der Waals surface area (Å²) >= 11 is 0. The highest BCUT2D eigenvalue weighted by molar-refractivity contribution is 5.48. The summed E-state index contributed by atoms with van der Waals surface area (Å²) < 4.78 is 1.10. The van der Waals surface area contributed by atoms with Crippen molar-refractivity contribution in [2.45, 2.75) is 96.8 Å². The SMILES string of the molecule is CCCCCCCCCCCCCCCC[N+](C)(C)CC=Cc1ccccc1.[Cl-]. The molecule has 0 radical (unpaired) electrons. The summed E-state index contributed by atoms with van der Waals surface area (Å²) in [5.74, 6) is 0. The normalized spacial score (nSPS) is 11.7. The molecule has 0 heterocycles. The summed E-state index contributed by atoms with van der Waals surface area (Å²) in [5.41, 5.74) is 1.30. The van der Waals surface area contributed by atoms with Gasteiger partial charge in [0.1, 0.15) is 0 Å². The fourth-order valence-electron chi connectivity index (χ4n) is 3.86. The van der Waals surface area contributed by atoms with Crippen molar-refractivity contribution in [3.8, 4) is 0 Å². The summed E-state index contributed by atoms with van der Waals surface area (Å²) in [5, 5.41) is 0. The van der Waals surface area contributed by atoms with Gasteiger partial charge in [0, 0.05) is 0 Å². The van der Waals surface area contributed by atoms with E-state index in [1.54, 1.807) is 0 Å². The number of benzene rings is 1. The molecule has 0 aromatic heterocycles. The van der Waals surface area contributed by atoms with Gasteiger partial charge < -0.3 is 16.9 Å². The minimum atomic E-state index is 0. The lowest BCUT2D eigenvalue weighted by atomic mass is 10.0. The van der Waals surface area contributed by atoms with Gasteiger partial charge in [0.25, 0.3) is 0 Å². The Kier molecular flexibility index (Phi) is 18.7. The number of hydrogen-bond donors (Lipinski definition) is 0. The number of likely N-dealkylation sites (N-methyl/N-ethyl adjacent to an activating group) is 1. The first-order chi connectivity index (χ1) is 13.6. The van der Waals surface area contributed by atoms with Gasteiger partial charge in [0.2, 0.25) is 0 Å². The van der Waals surface area contributed by atoms with Gasteiger partial charge in [-0.25, -0.2) is 0 Å². The summed E-state index contributed by atoms with van der Waals surface area (Å²) in [6.07, 6.45) is 24.7. The van der Waals surface area contributed by atoms with Crippen molar-refractivity contribution in [1.82, 2.24) is 0 Å². The second-order valence-electron chi connectivity index (χ2n) is 9.25. The third-order valence-electron chi connectivity index (χ3n) is 5.83. The van der Waals surface area contributed by atoms with E-state index in [0.717, 1.165) is 11.0 Å². The second-order valence-corrected chi connectivity index (χ2v) is 9.25. The Hall–Kier alpha value is -0.790. The van der Waals surface area contributed by atoms with Crippen LogP contribution in [0.25, 0.3) is 6.08 Å². The molecule has 29 heavy (non-hydrogen) atoms. The highest BCUT2D eigenvalue weighted by Crippen LogP contribution is 2.13. The van der Waals surface area contributed by atoms with Gasteiger partial charge >= 0.3 is 0 Å². The molecule has 0 unspecified atom stereocenters. The van der Waals surface area contributed by atoms with Crippen LogP contribution in [0.15, 0.2) is 36.4 Å². The van der Waals surface area contributed by atoms with Crippen molar-refractivity contribution in [3.63, 3.8) is 0 Å². The van der Waals surface area contributed by atoms with Crippen LogP contribution in [0.4, 0.5) is 0 Å². The Bertz CT molecular complexity index is 481. The minimum Gasteiger partial charge on any atom is -1.00 e. The molecule has 0 aliphatic rings. The van der Waals surface area contributed by atoms with Gasteiger partial charge in [0.15, 0.2) is 0 Å².